The van der Waals surface area contributed by atoms with E-state index in [0.29, 0.717) is 12.2 Å². The zero-order valence-corrected chi connectivity index (χ0v) is 13.1. The number of cyclic esters (lactones) is 1. The number of amides is 3. The Morgan fingerprint density at radius 2 is 2.08 bits per heavy atom. The number of pyridine rings is 1. The summed E-state index contributed by atoms with van der Waals surface area (Å²) in [5, 5.41) is 0. The predicted octanol–water partition coefficient (Wildman–Crippen LogP) is 0.735. The summed E-state index contributed by atoms with van der Waals surface area (Å²) >= 11 is 0. The maximum Gasteiger partial charge on any atom is 0.416 e. The summed E-state index contributed by atoms with van der Waals surface area (Å²) in [4.78, 5) is 50.0. The number of hydrogen-bond donors (Lipinski definition) is 0. The number of ether oxygens (including phenoxy) is 2. The molecule has 1 unspecified atom stereocenters. The van der Waals surface area contributed by atoms with Crippen LogP contribution < -0.4 is 10.5 Å². The van der Waals surface area contributed by atoms with Crippen LogP contribution in [0.15, 0.2) is 23.0 Å². The van der Waals surface area contributed by atoms with Crippen LogP contribution in [0.2, 0.25) is 0 Å². The van der Waals surface area contributed by atoms with E-state index in [9.17, 15) is 19.2 Å². The van der Waals surface area contributed by atoms with Crippen molar-refractivity contribution in [2.75, 3.05) is 31.7 Å². The first kappa shape index (κ1) is 16.0. The number of rotatable bonds is 3. The van der Waals surface area contributed by atoms with Crippen LogP contribution in [0, 0.1) is 0 Å². The van der Waals surface area contributed by atoms with Gasteiger partial charge in [-0.3, -0.25) is 19.1 Å². The molecule has 0 saturated carbocycles. The third-order valence-corrected chi connectivity index (χ3v) is 4.15. The summed E-state index contributed by atoms with van der Waals surface area (Å²) in [6, 6.07) is 4.27. The van der Waals surface area contributed by atoms with Gasteiger partial charge in [-0.1, -0.05) is 6.07 Å². The summed E-state index contributed by atoms with van der Waals surface area (Å²) in [5.41, 5.74) is -0.253. The first-order valence-corrected chi connectivity index (χ1v) is 7.57. The van der Waals surface area contributed by atoms with Gasteiger partial charge < -0.3 is 9.47 Å². The fourth-order valence-electron chi connectivity index (χ4n) is 3.01. The second-order valence-corrected chi connectivity index (χ2v) is 5.53. The summed E-state index contributed by atoms with van der Waals surface area (Å²) in [6.07, 6.45) is -0.797. The Morgan fingerprint density at radius 3 is 2.75 bits per heavy atom. The van der Waals surface area contributed by atoms with Crippen LogP contribution >= 0.6 is 0 Å². The Bertz CT molecular complexity index is 743. The van der Waals surface area contributed by atoms with Gasteiger partial charge in [0, 0.05) is 12.5 Å². The van der Waals surface area contributed by atoms with Crippen molar-refractivity contribution < 1.29 is 23.9 Å². The Balaban J connectivity index is 1.75. The Morgan fingerprint density at radius 1 is 1.29 bits per heavy atom. The fourth-order valence-corrected chi connectivity index (χ4v) is 3.01. The molecule has 9 nitrogen and oxygen atoms in total. The van der Waals surface area contributed by atoms with Crippen molar-refractivity contribution >= 4 is 23.9 Å². The normalized spacial score (nSPS) is 19.2. The smallest absolute Gasteiger partial charge is 0.416 e. The average molecular weight is 335 g/mol. The van der Waals surface area contributed by atoms with Crippen molar-refractivity contribution in [2.45, 2.75) is 18.9 Å². The van der Waals surface area contributed by atoms with Crippen LogP contribution in [0.3, 0.4) is 0 Å². The molecular formula is C15H17N3O6. The number of carbonyl (C=O) groups is 3. The third kappa shape index (κ3) is 2.72. The predicted molar refractivity (Wildman–Crippen MR) is 81.8 cm³/mol. The van der Waals surface area contributed by atoms with Crippen molar-refractivity contribution in [3.8, 4) is 0 Å². The maximum atomic E-state index is 12.1. The van der Waals surface area contributed by atoms with E-state index in [-0.39, 0.29) is 43.6 Å². The van der Waals surface area contributed by atoms with E-state index in [1.807, 2.05) is 0 Å². The lowest BCUT2D eigenvalue weighted by Gasteiger charge is -2.15. The largest absolute Gasteiger partial charge is 0.452 e. The zero-order chi connectivity index (χ0) is 17.3. The molecular weight excluding hydrogens is 318 g/mol. The highest BCUT2D eigenvalue weighted by atomic mass is 16.6. The van der Waals surface area contributed by atoms with E-state index in [1.54, 1.807) is 12.1 Å². The van der Waals surface area contributed by atoms with Gasteiger partial charge in [-0.15, -0.1) is 0 Å². The quantitative estimate of drug-likeness (QED) is 0.808. The molecule has 3 rings (SSSR count). The first-order chi connectivity index (χ1) is 11.5. The lowest BCUT2D eigenvalue weighted by molar-refractivity contribution is -0.128. The number of hydrogen-bond acceptors (Lipinski definition) is 6. The molecule has 1 saturated heterocycles. The van der Waals surface area contributed by atoms with Crippen LogP contribution in [-0.4, -0.2) is 54.4 Å². The zero-order valence-electron chi connectivity index (χ0n) is 13.1. The number of aromatic nitrogens is 1. The lowest BCUT2D eigenvalue weighted by Crippen LogP contribution is -2.33. The third-order valence-electron chi connectivity index (χ3n) is 4.15. The number of fused-ring (bicyclic) bond motifs is 1. The second kappa shape index (κ2) is 6.34. The summed E-state index contributed by atoms with van der Waals surface area (Å²) in [6.45, 7) is 0.684. The van der Waals surface area contributed by atoms with Crippen molar-refractivity contribution in [2.24, 2.45) is 0 Å². The number of imide groups is 1. The molecule has 0 aliphatic carbocycles. The van der Waals surface area contributed by atoms with Crippen LogP contribution in [0.25, 0.3) is 0 Å². The van der Waals surface area contributed by atoms with E-state index in [4.69, 9.17) is 9.47 Å². The molecule has 0 radical (unpaired) electrons. The van der Waals surface area contributed by atoms with E-state index < -0.39 is 12.2 Å². The SMILES string of the molecule is COC(=O)N1CC(CCC(=O)N2CCOC2=O)n2c1cccc2=O. The van der Waals surface area contributed by atoms with Crippen LogP contribution in [-0.2, 0) is 14.3 Å². The van der Waals surface area contributed by atoms with Crippen molar-refractivity contribution in [3.63, 3.8) is 0 Å². The molecule has 1 atom stereocenters. The topological polar surface area (TPSA) is 98.2 Å². The number of methoxy groups -OCH3 is 1. The van der Waals surface area contributed by atoms with Gasteiger partial charge in [0.15, 0.2) is 0 Å². The highest BCUT2D eigenvalue weighted by Gasteiger charge is 2.35. The summed E-state index contributed by atoms with van der Waals surface area (Å²) < 4.78 is 11.0. The monoisotopic (exact) mass is 335 g/mol. The Hall–Kier alpha value is -2.84. The summed E-state index contributed by atoms with van der Waals surface area (Å²) in [5.74, 6) is 0.0897. The number of carbonyl (C=O) groups excluding carboxylic acids is 3. The molecule has 1 aromatic rings. The van der Waals surface area contributed by atoms with E-state index in [2.05, 4.69) is 0 Å². The Labute approximate surface area is 137 Å². The minimum atomic E-state index is -0.639. The van der Waals surface area contributed by atoms with E-state index >= 15 is 0 Å². The van der Waals surface area contributed by atoms with Crippen LogP contribution in [0.1, 0.15) is 18.9 Å². The molecule has 1 aromatic heterocycles. The van der Waals surface area contributed by atoms with Crippen molar-refractivity contribution in [1.29, 1.82) is 0 Å². The molecule has 0 aromatic carbocycles. The Kier molecular flexibility index (Phi) is 4.24. The van der Waals surface area contributed by atoms with Gasteiger partial charge in [-0.2, -0.15) is 0 Å². The van der Waals surface area contributed by atoms with Crippen LogP contribution in [0.5, 0.6) is 0 Å². The van der Waals surface area contributed by atoms with Crippen molar-refractivity contribution in [1.82, 2.24) is 9.47 Å². The highest BCUT2D eigenvalue weighted by Crippen LogP contribution is 2.30. The molecule has 3 amide bonds. The molecule has 2 aliphatic heterocycles. The molecule has 128 valence electrons. The minimum absolute atomic E-state index is 0.0789. The molecule has 3 heterocycles. The van der Waals surface area contributed by atoms with Gasteiger partial charge in [-0.25, -0.2) is 14.5 Å². The fraction of sp³-hybridized carbons (Fsp3) is 0.467. The van der Waals surface area contributed by atoms with E-state index in [0.717, 1.165) is 4.90 Å². The van der Waals surface area contributed by atoms with Gasteiger partial charge in [0.2, 0.25) is 5.91 Å². The lowest BCUT2D eigenvalue weighted by atomic mass is 10.1. The molecule has 0 N–H and O–H groups in total. The van der Waals surface area contributed by atoms with Gasteiger partial charge in [0.1, 0.15) is 12.4 Å². The minimum Gasteiger partial charge on any atom is -0.452 e. The number of anilines is 1. The highest BCUT2D eigenvalue weighted by molar-refractivity contribution is 5.93. The standard InChI is InChI=1S/C15H17N3O6/c1-23-14(21)17-9-10(18-11(17)3-2-4-13(18)20)5-6-12(19)16-7-8-24-15(16)22/h2-4,10H,5-9H2,1H3. The second-order valence-electron chi connectivity index (χ2n) is 5.53. The molecule has 1 fully saturated rings. The molecule has 0 bridgehead atoms. The van der Waals surface area contributed by atoms with Crippen LogP contribution in [0.4, 0.5) is 15.4 Å². The molecule has 2 aliphatic rings. The molecule has 9 heteroatoms. The average Bonchev–Trinajstić information content (AvgIpc) is 3.16. The first-order valence-electron chi connectivity index (χ1n) is 7.57. The molecule has 0 spiro atoms. The van der Waals surface area contributed by atoms with Gasteiger partial charge >= 0.3 is 12.2 Å². The van der Waals surface area contributed by atoms with Gasteiger partial charge in [0.05, 0.1) is 26.2 Å². The summed E-state index contributed by atoms with van der Waals surface area (Å²) in [7, 11) is 1.27. The van der Waals surface area contributed by atoms with Gasteiger partial charge in [-0.05, 0) is 12.5 Å². The van der Waals surface area contributed by atoms with Gasteiger partial charge in [0.25, 0.3) is 5.56 Å². The van der Waals surface area contributed by atoms with Crippen molar-refractivity contribution in [3.05, 3.63) is 28.6 Å². The number of nitrogens with zero attached hydrogens (tertiary/aromatic N) is 3. The van der Waals surface area contributed by atoms with E-state index in [1.165, 1.54) is 22.6 Å². The maximum absolute atomic E-state index is 12.1. The molecule has 24 heavy (non-hydrogen) atoms.